The molecule has 0 bridgehead atoms. The van der Waals surface area contributed by atoms with Gasteiger partial charge in [-0.2, -0.15) is 5.10 Å². The van der Waals surface area contributed by atoms with Gasteiger partial charge in [-0.25, -0.2) is 0 Å². The van der Waals surface area contributed by atoms with Crippen LogP contribution in [0.25, 0.3) is 0 Å². The third-order valence-electron chi connectivity index (χ3n) is 2.72. The maximum absolute atomic E-state index is 5.65. The zero-order valence-electron chi connectivity index (χ0n) is 10.7. The second-order valence-corrected chi connectivity index (χ2v) is 4.41. The number of anilines is 1. The number of nitrogen functional groups attached to an aromatic ring is 1. The molecule has 0 fully saturated rings. The molecule has 1 aromatic carbocycles. The first-order chi connectivity index (χ1) is 8.74. The number of hydrogen-bond acceptors (Lipinski definition) is 3. The van der Waals surface area contributed by atoms with Crippen LogP contribution in [0.2, 0.25) is 0 Å². The molecule has 0 saturated carbocycles. The lowest BCUT2D eigenvalue weighted by Gasteiger charge is -2.06. The first-order valence-electron chi connectivity index (χ1n) is 6.21. The van der Waals surface area contributed by atoms with Crippen LogP contribution in [0.5, 0.6) is 5.75 Å². The molecule has 96 valence electrons. The van der Waals surface area contributed by atoms with E-state index in [1.807, 2.05) is 23.0 Å². The molecule has 2 rings (SSSR count). The van der Waals surface area contributed by atoms with Crippen molar-refractivity contribution in [3.63, 3.8) is 0 Å². The SMILES string of the molecule is Cc1ccc(OCCCCn2cc(N)cn2)cc1. The Balaban J connectivity index is 1.63. The van der Waals surface area contributed by atoms with E-state index in [2.05, 4.69) is 24.2 Å². The van der Waals surface area contributed by atoms with Crippen molar-refractivity contribution < 1.29 is 4.74 Å². The van der Waals surface area contributed by atoms with E-state index in [0.717, 1.165) is 31.7 Å². The van der Waals surface area contributed by atoms with Crippen molar-refractivity contribution in [3.8, 4) is 5.75 Å². The molecule has 1 heterocycles. The van der Waals surface area contributed by atoms with E-state index in [1.54, 1.807) is 6.20 Å². The standard InChI is InChI=1S/C14H19N3O/c1-12-4-6-14(7-5-12)18-9-3-2-8-17-11-13(15)10-16-17/h4-7,10-11H,2-3,8-9,15H2,1H3. The zero-order valence-corrected chi connectivity index (χ0v) is 10.7. The van der Waals surface area contributed by atoms with E-state index in [-0.39, 0.29) is 0 Å². The monoisotopic (exact) mass is 245 g/mol. The van der Waals surface area contributed by atoms with Gasteiger partial charge in [0.1, 0.15) is 5.75 Å². The Morgan fingerprint density at radius 2 is 2.00 bits per heavy atom. The molecule has 4 nitrogen and oxygen atoms in total. The molecule has 0 amide bonds. The first-order valence-corrected chi connectivity index (χ1v) is 6.21. The fourth-order valence-electron chi connectivity index (χ4n) is 1.70. The van der Waals surface area contributed by atoms with E-state index in [1.165, 1.54) is 5.56 Å². The molecule has 0 unspecified atom stereocenters. The molecule has 4 heteroatoms. The fourth-order valence-corrected chi connectivity index (χ4v) is 1.70. The molecular formula is C14H19N3O. The summed E-state index contributed by atoms with van der Waals surface area (Å²) in [5.74, 6) is 0.934. The largest absolute Gasteiger partial charge is 0.494 e. The van der Waals surface area contributed by atoms with Crippen LogP contribution in [0.1, 0.15) is 18.4 Å². The summed E-state index contributed by atoms with van der Waals surface area (Å²) in [6.45, 7) is 3.69. The van der Waals surface area contributed by atoms with Crippen LogP contribution in [0, 0.1) is 6.92 Å². The number of aryl methyl sites for hydroxylation is 2. The molecule has 0 aliphatic carbocycles. The highest BCUT2D eigenvalue weighted by molar-refractivity contribution is 5.30. The highest BCUT2D eigenvalue weighted by Crippen LogP contribution is 2.11. The number of aromatic nitrogens is 2. The molecule has 0 aliphatic heterocycles. The van der Waals surface area contributed by atoms with Gasteiger partial charge in [-0.05, 0) is 31.9 Å². The minimum absolute atomic E-state index is 0.714. The van der Waals surface area contributed by atoms with E-state index in [4.69, 9.17) is 10.5 Å². The van der Waals surface area contributed by atoms with Crippen molar-refractivity contribution in [1.29, 1.82) is 0 Å². The first kappa shape index (κ1) is 12.5. The van der Waals surface area contributed by atoms with Crippen molar-refractivity contribution in [2.75, 3.05) is 12.3 Å². The summed E-state index contributed by atoms with van der Waals surface area (Å²) in [5.41, 5.74) is 7.55. The topological polar surface area (TPSA) is 53.1 Å². The van der Waals surface area contributed by atoms with Crippen molar-refractivity contribution in [2.45, 2.75) is 26.3 Å². The summed E-state index contributed by atoms with van der Waals surface area (Å²) >= 11 is 0. The summed E-state index contributed by atoms with van der Waals surface area (Å²) in [6, 6.07) is 8.12. The second kappa shape index (κ2) is 6.10. The van der Waals surface area contributed by atoms with Crippen LogP contribution >= 0.6 is 0 Å². The summed E-state index contributed by atoms with van der Waals surface area (Å²) in [5, 5.41) is 4.13. The number of benzene rings is 1. The summed E-state index contributed by atoms with van der Waals surface area (Å²) in [7, 11) is 0. The van der Waals surface area contributed by atoms with Gasteiger partial charge in [0.05, 0.1) is 18.5 Å². The van der Waals surface area contributed by atoms with Gasteiger partial charge in [-0.3, -0.25) is 4.68 Å². The minimum atomic E-state index is 0.714. The molecule has 0 radical (unpaired) electrons. The number of ether oxygens (including phenoxy) is 1. The average Bonchev–Trinajstić information content (AvgIpc) is 2.77. The third kappa shape index (κ3) is 3.80. The Kier molecular flexibility index (Phi) is 4.23. The van der Waals surface area contributed by atoms with E-state index in [0.29, 0.717) is 5.69 Å². The molecule has 0 aliphatic rings. The highest BCUT2D eigenvalue weighted by Gasteiger charge is 1.96. The molecule has 2 N–H and O–H groups in total. The predicted molar refractivity (Wildman–Crippen MR) is 72.5 cm³/mol. The third-order valence-corrected chi connectivity index (χ3v) is 2.72. The van der Waals surface area contributed by atoms with Crippen molar-refractivity contribution in [3.05, 3.63) is 42.2 Å². The summed E-state index contributed by atoms with van der Waals surface area (Å²) in [4.78, 5) is 0. The van der Waals surface area contributed by atoms with Gasteiger partial charge in [0.15, 0.2) is 0 Å². The van der Waals surface area contributed by atoms with Gasteiger partial charge in [-0.15, -0.1) is 0 Å². The molecule has 1 aromatic heterocycles. The fraction of sp³-hybridized carbons (Fsp3) is 0.357. The van der Waals surface area contributed by atoms with Gasteiger partial charge in [0.2, 0.25) is 0 Å². The van der Waals surface area contributed by atoms with Crippen LogP contribution in [0.15, 0.2) is 36.7 Å². The Bertz CT molecular complexity index is 476. The Morgan fingerprint density at radius 1 is 1.22 bits per heavy atom. The number of unbranched alkanes of at least 4 members (excludes halogenated alkanes) is 1. The van der Waals surface area contributed by atoms with Gasteiger partial charge < -0.3 is 10.5 Å². The Morgan fingerprint density at radius 3 is 2.67 bits per heavy atom. The summed E-state index contributed by atoms with van der Waals surface area (Å²) in [6.07, 6.45) is 5.56. The summed E-state index contributed by atoms with van der Waals surface area (Å²) < 4.78 is 7.51. The van der Waals surface area contributed by atoms with E-state index >= 15 is 0 Å². The van der Waals surface area contributed by atoms with Crippen LogP contribution < -0.4 is 10.5 Å². The van der Waals surface area contributed by atoms with Gasteiger partial charge in [0, 0.05) is 12.7 Å². The molecule has 2 aromatic rings. The quantitative estimate of drug-likeness (QED) is 0.796. The number of rotatable bonds is 6. The van der Waals surface area contributed by atoms with Gasteiger partial charge >= 0.3 is 0 Å². The highest BCUT2D eigenvalue weighted by atomic mass is 16.5. The Hall–Kier alpha value is -1.97. The number of nitrogens with zero attached hydrogens (tertiary/aromatic N) is 2. The maximum Gasteiger partial charge on any atom is 0.119 e. The van der Waals surface area contributed by atoms with Crippen LogP contribution in [-0.4, -0.2) is 16.4 Å². The van der Waals surface area contributed by atoms with E-state index < -0.39 is 0 Å². The smallest absolute Gasteiger partial charge is 0.119 e. The lowest BCUT2D eigenvalue weighted by Crippen LogP contribution is -2.02. The lowest BCUT2D eigenvalue weighted by molar-refractivity contribution is 0.302. The minimum Gasteiger partial charge on any atom is -0.494 e. The average molecular weight is 245 g/mol. The molecule has 0 spiro atoms. The predicted octanol–water partition coefficient (Wildman–Crippen LogP) is 2.63. The van der Waals surface area contributed by atoms with Crippen molar-refractivity contribution in [2.24, 2.45) is 0 Å². The van der Waals surface area contributed by atoms with Crippen molar-refractivity contribution in [1.82, 2.24) is 9.78 Å². The second-order valence-electron chi connectivity index (χ2n) is 4.41. The van der Waals surface area contributed by atoms with Crippen LogP contribution in [0.3, 0.4) is 0 Å². The number of nitrogens with two attached hydrogens (primary N) is 1. The number of hydrogen-bond donors (Lipinski definition) is 1. The lowest BCUT2D eigenvalue weighted by atomic mass is 10.2. The molecule has 18 heavy (non-hydrogen) atoms. The molecule has 0 atom stereocenters. The normalized spacial score (nSPS) is 10.5. The van der Waals surface area contributed by atoms with E-state index in [9.17, 15) is 0 Å². The van der Waals surface area contributed by atoms with Crippen molar-refractivity contribution >= 4 is 5.69 Å². The zero-order chi connectivity index (χ0) is 12.8. The molecule has 0 saturated heterocycles. The van der Waals surface area contributed by atoms with Crippen LogP contribution in [-0.2, 0) is 6.54 Å². The molecular weight excluding hydrogens is 226 g/mol. The van der Waals surface area contributed by atoms with Gasteiger partial charge in [-0.1, -0.05) is 17.7 Å². The Labute approximate surface area is 107 Å². The van der Waals surface area contributed by atoms with Gasteiger partial charge in [0.25, 0.3) is 0 Å². The van der Waals surface area contributed by atoms with Crippen LogP contribution in [0.4, 0.5) is 5.69 Å². The maximum atomic E-state index is 5.65.